The number of aromatic nitrogens is 1. The third-order valence-corrected chi connectivity index (χ3v) is 5.22. The summed E-state index contributed by atoms with van der Waals surface area (Å²) in [7, 11) is 0. The van der Waals surface area contributed by atoms with E-state index in [0.717, 1.165) is 43.9 Å². The first kappa shape index (κ1) is 17.5. The van der Waals surface area contributed by atoms with Crippen LogP contribution < -0.4 is 0 Å². The molecule has 2 saturated heterocycles. The number of hydrogen-bond donors (Lipinski definition) is 1. The first-order valence-corrected chi connectivity index (χ1v) is 9.09. The maximum Gasteiger partial charge on any atom is 0.335 e. The van der Waals surface area contributed by atoms with Gasteiger partial charge in [-0.3, -0.25) is 9.88 Å². The summed E-state index contributed by atoms with van der Waals surface area (Å²) in [5.41, 5.74) is 2.43. The Balaban J connectivity index is 1.37. The Labute approximate surface area is 157 Å². The van der Waals surface area contributed by atoms with E-state index in [0.29, 0.717) is 12.1 Å². The fourth-order valence-electron chi connectivity index (χ4n) is 3.84. The van der Waals surface area contributed by atoms with Gasteiger partial charge in [-0.1, -0.05) is 18.2 Å². The minimum absolute atomic E-state index is 0.106. The van der Waals surface area contributed by atoms with Gasteiger partial charge < -0.3 is 14.9 Å². The van der Waals surface area contributed by atoms with Crippen molar-refractivity contribution < 1.29 is 14.7 Å². The standard InChI is InChI=1S/C20H22N4O3/c25-19(26)17-5-3-15(4-6-17)11-22-8-9-24-18(13-22)14-23(20(24)27)12-16-2-1-7-21-10-16/h1-7,10,18H,8-9,11-14H2,(H,25,26). The van der Waals surface area contributed by atoms with Gasteiger partial charge in [0, 0.05) is 51.7 Å². The van der Waals surface area contributed by atoms with E-state index in [-0.39, 0.29) is 12.1 Å². The molecule has 7 heteroatoms. The lowest BCUT2D eigenvalue weighted by molar-refractivity contribution is 0.0697. The summed E-state index contributed by atoms with van der Waals surface area (Å²) in [6.45, 7) is 4.46. The largest absolute Gasteiger partial charge is 0.478 e. The van der Waals surface area contributed by atoms with Crippen molar-refractivity contribution in [1.82, 2.24) is 19.7 Å². The van der Waals surface area contributed by atoms with Gasteiger partial charge in [-0.2, -0.15) is 0 Å². The Morgan fingerprint density at radius 2 is 1.89 bits per heavy atom. The Hall–Kier alpha value is -2.93. The Morgan fingerprint density at radius 1 is 1.07 bits per heavy atom. The predicted molar refractivity (Wildman–Crippen MR) is 99.2 cm³/mol. The van der Waals surface area contributed by atoms with Crippen LogP contribution >= 0.6 is 0 Å². The first-order valence-electron chi connectivity index (χ1n) is 9.09. The molecular weight excluding hydrogens is 344 g/mol. The van der Waals surface area contributed by atoms with Crippen LogP contribution in [0.4, 0.5) is 4.79 Å². The molecule has 0 aliphatic carbocycles. The highest BCUT2D eigenvalue weighted by molar-refractivity contribution is 5.87. The lowest BCUT2D eigenvalue weighted by Crippen LogP contribution is -2.51. The third-order valence-electron chi connectivity index (χ3n) is 5.22. The molecule has 1 aromatic carbocycles. The fourth-order valence-corrected chi connectivity index (χ4v) is 3.84. The molecule has 2 amide bonds. The van der Waals surface area contributed by atoms with Gasteiger partial charge in [-0.05, 0) is 29.3 Å². The van der Waals surface area contributed by atoms with Gasteiger partial charge >= 0.3 is 12.0 Å². The Morgan fingerprint density at radius 3 is 2.59 bits per heavy atom. The third kappa shape index (κ3) is 3.78. The zero-order chi connectivity index (χ0) is 18.8. The molecule has 2 aliphatic heterocycles. The van der Waals surface area contributed by atoms with Gasteiger partial charge in [0.05, 0.1) is 11.6 Å². The van der Waals surface area contributed by atoms with Crippen LogP contribution in [-0.2, 0) is 13.1 Å². The van der Waals surface area contributed by atoms with Crippen LogP contribution in [0.2, 0.25) is 0 Å². The quantitative estimate of drug-likeness (QED) is 0.875. The molecule has 1 aromatic heterocycles. The number of carbonyl (C=O) groups is 2. The number of pyridine rings is 1. The van der Waals surface area contributed by atoms with Crippen molar-refractivity contribution in [3.8, 4) is 0 Å². The Bertz CT molecular complexity index is 825. The predicted octanol–water partition coefficient (Wildman–Crippen LogP) is 1.90. The zero-order valence-electron chi connectivity index (χ0n) is 15.0. The van der Waals surface area contributed by atoms with Crippen molar-refractivity contribution in [2.45, 2.75) is 19.1 Å². The lowest BCUT2D eigenvalue weighted by Gasteiger charge is -2.36. The summed E-state index contributed by atoms with van der Waals surface area (Å²) in [6.07, 6.45) is 3.54. The summed E-state index contributed by atoms with van der Waals surface area (Å²) in [4.78, 5) is 34.0. The second-order valence-corrected chi connectivity index (χ2v) is 7.11. The van der Waals surface area contributed by atoms with Crippen LogP contribution in [-0.4, -0.2) is 69.0 Å². The van der Waals surface area contributed by atoms with Crippen molar-refractivity contribution in [2.75, 3.05) is 26.2 Å². The molecule has 0 radical (unpaired) electrons. The highest BCUT2D eigenvalue weighted by atomic mass is 16.4. The van der Waals surface area contributed by atoms with Gasteiger partial charge in [-0.25, -0.2) is 9.59 Å². The first-order chi connectivity index (χ1) is 13.1. The van der Waals surface area contributed by atoms with E-state index in [2.05, 4.69) is 9.88 Å². The van der Waals surface area contributed by atoms with Crippen LogP contribution in [0.3, 0.4) is 0 Å². The average molecular weight is 366 g/mol. The number of carbonyl (C=O) groups excluding carboxylic acids is 1. The molecule has 4 rings (SSSR count). The fraction of sp³-hybridized carbons (Fsp3) is 0.350. The molecule has 140 valence electrons. The van der Waals surface area contributed by atoms with E-state index in [4.69, 9.17) is 5.11 Å². The van der Waals surface area contributed by atoms with Crippen LogP contribution in [0.15, 0.2) is 48.8 Å². The number of benzene rings is 1. The molecule has 1 atom stereocenters. The number of amides is 2. The van der Waals surface area contributed by atoms with Gasteiger partial charge in [-0.15, -0.1) is 0 Å². The summed E-state index contributed by atoms with van der Waals surface area (Å²) >= 11 is 0. The van der Waals surface area contributed by atoms with Crippen molar-refractivity contribution in [3.05, 3.63) is 65.5 Å². The van der Waals surface area contributed by atoms with E-state index in [1.54, 1.807) is 24.5 Å². The van der Waals surface area contributed by atoms with Gasteiger partial charge in [0.25, 0.3) is 0 Å². The maximum atomic E-state index is 12.7. The smallest absolute Gasteiger partial charge is 0.335 e. The lowest BCUT2D eigenvalue weighted by atomic mass is 10.1. The molecule has 1 N–H and O–H groups in total. The van der Waals surface area contributed by atoms with Gasteiger partial charge in [0.2, 0.25) is 0 Å². The van der Waals surface area contributed by atoms with E-state index in [1.165, 1.54) is 0 Å². The van der Waals surface area contributed by atoms with E-state index in [9.17, 15) is 9.59 Å². The molecule has 0 saturated carbocycles. The molecule has 2 aliphatic rings. The number of carboxylic acid groups (broad SMARTS) is 1. The van der Waals surface area contributed by atoms with Crippen molar-refractivity contribution in [2.24, 2.45) is 0 Å². The number of urea groups is 1. The topological polar surface area (TPSA) is 77.0 Å². The van der Waals surface area contributed by atoms with Crippen molar-refractivity contribution >= 4 is 12.0 Å². The SMILES string of the molecule is O=C(O)c1ccc(CN2CCN3C(=O)N(Cc4cccnc4)CC3C2)cc1. The van der Waals surface area contributed by atoms with Crippen LogP contribution in [0.5, 0.6) is 0 Å². The summed E-state index contributed by atoms with van der Waals surface area (Å²) < 4.78 is 0. The minimum Gasteiger partial charge on any atom is -0.478 e. The second-order valence-electron chi connectivity index (χ2n) is 7.11. The number of hydrogen-bond acceptors (Lipinski definition) is 4. The summed E-state index contributed by atoms with van der Waals surface area (Å²) in [6, 6.07) is 11.2. The monoisotopic (exact) mass is 366 g/mol. The molecule has 1 unspecified atom stereocenters. The normalized spacial score (nSPS) is 20.0. The minimum atomic E-state index is -0.909. The molecule has 2 aromatic rings. The number of aromatic carboxylic acids is 1. The van der Waals surface area contributed by atoms with Crippen molar-refractivity contribution in [1.29, 1.82) is 0 Å². The Kier molecular flexibility index (Phi) is 4.77. The highest BCUT2D eigenvalue weighted by Gasteiger charge is 2.40. The number of rotatable bonds is 5. The number of nitrogens with zero attached hydrogens (tertiary/aromatic N) is 4. The van der Waals surface area contributed by atoms with Gasteiger partial charge in [0.1, 0.15) is 0 Å². The number of carboxylic acids is 1. The van der Waals surface area contributed by atoms with E-state index >= 15 is 0 Å². The van der Waals surface area contributed by atoms with E-state index in [1.807, 2.05) is 34.1 Å². The molecular formula is C20H22N4O3. The molecule has 3 heterocycles. The van der Waals surface area contributed by atoms with Gasteiger partial charge in [0.15, 0.2) is 0 Å². The molecule has 0 bridgehead atoms. The molecule has 27 heavy (non-hydrogen) atoms. The number of fused-ring (bicyclic) bond motifs is 1. The molecule has 7 nitrogen and oxygen atoms in total. The highest BCUT2D eigenvalue weighted by Crippen LogP contribution is 2.23. The second kappa shape index (κ2) is 7.36. The average Bonchev–Trinajstić information content (AvgIpc) is 2.98. The molecule has 2 fully saturated rings. The summed E-state index contributed by atoms with van der Waals surface area (Å²) in [5, 5.41) is 9.00. The zero-order valence-corrected chi connectivity index (χ0v) is 15.0. The van der Waals surface area contributed by atoms with Crippen molar-refractivity contribution in [3.63, 3.8) is 0 Å². The van der Waals surface area contributed by atoms with Crippen LogP contribution in [0.25, 0.3) is 0 Å². The maximum absolute atomic E-state index is 12.7. The summed E-state index contributed by atoms with van der Waals surface area (Å²) in [5.74, 6) is -0.909. The molecule has 0 spiro atoms. The van der Waals surface area contributed by atoms with Crippen LogP contribution in [0.1, 0.15) is 21.5 Å². The van der Waals surface area contributed by atoms with E-state index < -0.39 is 5.97 Å². The number of piperazine rings is 1. The van der Waals surface area contributed by atoms with Crippen LogP contribution in [0, 0.1) is 0 Å².